The van der Waals surface area contributed by atoms with Gasteiger partial charge in [-0.1, -0.05) is 45.0 Å². The molecule has 19 heavy (non-hydrogen) atoms. The summed E-state index contributed by atoms with van der Waals surface area (Å²) in [6, 6.07) is 8.37. The predicted molar refractivity (Wildman–Crippen MR) is 80.0 cm³/mol. The Morgan fingerprint density at radius 1 is 1.26 bits per heavy atom. The first-order valence-corrected chi connectivity index (χ1v) is 6.99. The van der Waals surface area contributed by atoms with E-state index in [0.717, 1.165) is 12.0 Å². The Kier molecular flexibility index (Phi) is 5.12. The molecule has 2 atom stereocenters. The van der Waals surface area contributed by atoms with Gasteiger partial charge in [-0.05, 0) is 37.3 Å². The van der Waals surface area contributed by atoms with E-state index < -0.39 is 5.54 Å². The summed E-state index contributed by atoms with van der Waals surface area (Å²) >= 11 is 0. The lowest BCUT2D eigenvalue weighted by molar-refractivity contribution is -0.124. The number of amides is 1. The Bertz CT molecular complexity index is 425. The van der Waals surface area contributed by atoms with Crippen LogP contribution < -0.4 is 11.1 Å². The van der Waals surface area contributed by atoms with E-state index in [2.05, 4.69) is 45.1 Å². The molecule has 3 N–H and O–H groups in total. The van der Waals surface area contributed by atoms with Crippen LogP contribution in [0, 0.1) is 0 Å². The quantitative estimate of drug-likeness (QED) is 0.828. The summed E-state index contributed by atoms with van der Waals surface area (Å²) in [5.41, 5.74) is 6.97. The summed E-state index contributed by atoms with van der Waals surface area (Å²) in [5.74, 6) is 0.140. The lowest BCUT2D eigenvalue weighted by Crippen LogP contribution is -2.53. The van der Waals surface area contributed by atoms with Crippen LogP contribution in [0.4, 0.5) is 0 Å². The summed E-state index contributed by atoms with van der Waals surface area (Å²) in [6.45, 7) is 10.3. The van der Waals surface area contributed by atoms with E-state index in [4.69, 9.17) is 5.73 Å². The van der Waals surface area contributed by atoms with Crippen molar-refractivity contribution in [2.24, 2.45) is 5.73 Å². The van der Waals surface area contributed by atoms with Gasteiger partial charge in [-0.25, -0.2) is 0 Å². The van der Waals surface area contributed by atoms with Crippen LogP contribution in [-0.2, 0) is 10.3 Å². The molecule has 0 aromatic heterocycles. The first kappa shape index (κ1) is 15.7. The van der Waals surface area contributed by atoms with E-state index >= 15 is 0 Å². The number of nitrogens with two attached hydrogens (primary N) is 1. The zero-order chi connectivity index (χ0) is 14.6. The second kappa shape index (κ2) is 6.20. The van der Waals surface area contributed by atoms with Crippen LogP contribution in [-0.4, -0.2) is 11.9 Å². The highest BCUT2D eigenvalue weighted by atomic mass is 16.1. The van der Waals surface area contributed by atoms with Gasteiger partial charge in [0.05, 0.1) is 0 Å². The van der Waals surface area contributed by atoms with Crippen molar-refractivity contribution in [3.8, 4) is 0 Å². The van der Waals surface area contributed by atoms with E-state index in [-0.39, 0.29) is 11.9 Å². The molecule has 0 saturated heterocycles. The zero-order valence-electron chi connectivity index (χ0n) is 12.7. The molecule has 0 aliphatic heterocycles. The third-order valence-electron chi connectivity index (χ3n) is 3.79. The Balaban J connectivity index is 3.08. The van der Waals surface area contributed by atoms with Crippen LogP contribution in [0.3, 0.4) is 0 Å². The van der Waals surface area contributed by atoms with E-state index in [1.807, 2.05) is 19.1 Å². The molecule has 0 radical (unpaired) electrons. The number of benzene rings is 1. The van der Waals surface area contributed by atoms with Gasteiger partial charge in [-0.2, -0.15) is 0 Å². The number of hydrogen-bond acceptors (Lipinski definition) is 2. The number of primary amides is 1. The topological polar surface area (TPSA) is 55.1 Å². The number of rotatable bonds is 6. The molecule has 3 nitrogen and oxygen atoms in total. The Hall–Kier alpha value is -1.35. The molecule has 0 saturated carbocycles. The van der Waals surface area contributed by atoms with Gasteiger partial charge >= 0.3 is 0 Å². The fourth-order valence-electron chi connectivity index (χ4n) is 2.09. The predicted octanol–water partition coefficient (Wildman–Crippen LogP) is 2.90. The second-order valence-electron chi connectivity index (χ2n) is 5.72. The van der Waals surface area contributed by atoms with Crippen LogP contribution in [0.2, 0.25) is 0 Å². The van der Waals surface area contributed by atoms with Gasteiger partial charge < -0.3 is 5.73 Å². The molecule has 0 aliphatic carbocycles. The molecule has 1 rings (SSSR count). The average Bonchev–Trinajstić information content (AvgIpc) is 2.38. The van der Waals surface area contributed by atoms with Crippen molar-refractivity contribution in [2.75, 3.05) is 0 Å². The van der Waals surface area contributed by atoms with Crippen molar-refractivity contribution in [1.82, 2.24) is 5.32 Å². The van der Waals surface area contributed by atoms with Crippen LogP contribution in [0.1, 0.15) is 58.1 Å². The molecule has 1 aromatic carbocycles. The number of carbonyl (C=O) groups excluding carboxylic acids is 1. The molecule has 0 heterocycles. The molecule has 0 fully saturated rings. The van der Waals surface area contributed by atoms with Gasteiger partial charge in [0.25, 0.3) is 0 Å². The summed E-state index contributed by atoms with van der Waals surface area (Å²) < 4.78 is 0. The Labute approximate surface area is 116 Å². The van der Waals surface area contributed by atoms with Crippen LogP contribution >= 0.6 is 0 Å². The molecular formula is C16H26N2O. The second-order valence-corrected chi connectivity index (χ2v) is 5.72. The fourth-order valence-corrected chi connectivity index (χ4v) is 2.09. The smallest absolute Gasteiger partial charge is 0.242 e. The maximum absolute atomic E-state index is 11.9. The van der Waals surface area contributed by atoms with Crippen LogP contribution in [0.5, 0.6) is 0 Å². The van der Waals surface area contributed by atoms with Crippen molar-refractivity contribution in [3.05, 3.63) is 35.4 Å². The summed E-state index contributed by atoms with van der Waals surface area (Å²) in [4.78, 5) is 11.9. The van der Waals surface area contributed by atoms with Crippen molar-refractivity contribution in [2.45, 2.75) is 58.5 Å². The minimum atomic E-state index is -0.815. The highest BCUT2D eigenvalue weighted by molar-refractivity contribution is 5.85. The van der Waals surface area contributed by atoms with Crippen molar-refractivity contribution in [3.63, 3.8) is 0 Å². The monoisotopic (exact) mass is 262 g/mol. The molecule has 3 heteroatoms. The number of hydrogen-bond donors (Lipinski definition) is 2. The van der Waals surface area contributed by atoms with Crippen LogP contribution in [0.25, 0.3) is 0 Å². The molecule has 2 unspecified atom stereocenters. The van der Waals surface area contributed by atoms with Gasteiger partial charge in [-0.15, -0.1) is 0 Å². The molecule has 0 spiro atoms. The third kappa shape index (κ3) is 3.57. The summed E-state index contributed by atoms with van der Waals surface area (Å²) in [5, 5.41) is 3.33. The Morgan fingerprint density at radius 3 is 2.16 bits per heavy atom. The van der Waals surface area contributed by atoms with E-state index in [0.29, 0.717) is 5.92 Å². The van der Waals surface area contributed by atoms with Crippen molar-refractivity contribution < 1.29 is 4.79 Å². The van der Waals surface area contributed by atoms with Gasteiger partial charge in [-0.3, -0.25) is 10.1 Å². The molecule has 0 bridgehead atoms. The first-order valence-electron chi connectivity index (χ1n) is 6.99. The zero-order valence-corrected chi connectivity index (χ0v) is 12.7. The largest absolute Gasteiger partial charge is 0.368 e. The average molecular weight is 262 g/mol. The lowest BCUT2D eigenvalue weighted by atomic mass is 9.88. The molecular weight excluding hydrogens is 236 g/mol. The van der Waals surface area contributed by atoms with E-state index in [1.54, 1.807) is 0 Å². The summed E-state index contributed by atoms with van der Waals surface area (Å²) in [7, 11) is 0. The SMILES string of the molecule is CCC(C)NC(C)(C(N)=O)c1ccc(C(C)C)cc1. The van der Waals surface area contributed by atoms with E-state index in [1.165, 1.54) is 5.56 Å². The normalized spacial score (nSPS) is 16.1. The number of carbonyl (C=O) groups is 1. The van der Waals surface area contributed by atoms with Gasteiger partial charge in [0.2, 0.25) is 5.91 Å². The summed E-state index contributed by atoms with van der Waals surface area (Å²) in [6.07, 6.45) is 0.951. The standard InChI is InChI=1S/C16H26N2O/c1-6-12(4)18-16(5,15(17)19)14-9-7-13(8-10-14)11(2)3/h7-12,18H,6H2,1-5H3,(H2,17,19). The molecule has 0 aliphatic rings. The van der Waals surface area contributed by atoms with Crippen molar-refractivity contribution >= 4 is 5.91 Å². The highest BCUT2D eigenvalue weighted by Gasteiger charge is 2.33. The minimum absolute atomic E-state index is 0.238. The van der Waals surface area contributed by atoms with Crippen LogP contribution in [0.15, 0.2) is 24.3 Å². The van der Waals surface area contributed by atoms with Gasteiger partial charge in [0, 0.05) is 6.04 Å². The molecule has 1 amide bonds. The number of nitrogens with one attached hydrogen (secondary N) is 1. The maximum atomic E-state index is 11.9. The Morgan fingerprint density at radius 2 is 1.79 bits per heavy atom. The molecule has 1 aromatic rings. The highest BCUT2D eigenvalue weighted by Crippen LogP contribution is 2.24. The first-order chi connectivity index (χ1) is 8.81. The maximum Gasteiger partial charge on any atom is 0.242 e. The fraction of sp³-hybridized carbons (Fsp3) is 0.562. The molecule has 106 valence electrons. The van der Waals surface area contributed by atoms with E-state index in [9.17, 15) is 4.79 Å². The third-order valence-corrected chi connectivity index (χ3v) is 3.79. The van der Waals surface area contributed by atoms with Crippen molar-refractivity contribution in [1.29, 1.82) is 0 Å². The minimum Gasteiger partial charge on any atom is -0.368 e. The van der Waals surface area contributed by atoms with Gasteiger partial charge in [0.1, 0.15) is 5.54 Å². The van der Waals surface area contributed by atoms with Gasteiger partial charge in [0.15, 0.2) is 0 Å². The lowest BCUT2D eigenvalue weighted by Gasteiger charge is -2.31.